The summed E-state index contributed by atoms with van der Waals surface area (Å²) in [6.45, 7) is 0. The summed E-state index contributed by atoms with van der Waals surface area (Å²) < 4.78 is 0. The smallest absolute Gasteiger partial charge is 0.135 e. The number of hydrogen-bond donors (Lipinski definition) is 2. The predicted molar refractivity (Wildman–Crippen MR) is 78.4 cm³/mol. The zero-order chi connectivity index (χ0) is 13.2. The number of halogens is 2. The van der Waals surface area contributed by atoms with Gasteiger partial charge in [-0.2, -0.15) is 0 Å². The summed E-state index contributed by atoms with van der Waals surface area (Å²) in [6, 6.07) is 7.84. The van der Waals surface area contributed by atoms with Crippen molar-refractivity contribution in [3.63, 3.8) is 0 Å². The molecule has 0 atom stereocenters. The number of hydrogen-bond acceptors (Lipinski definition) is 4. The van der Waals surface area contributed by atoms with E-state index in [1.807, 2.05) is 18.2 Å². The zero-order valence-electron chi connectivity index (χ0n) is 10.0. The zero-order valence-corrected chi connectivity index (χ0v) is 11.5. The molecule has 3 rings (SSSR count). The van der Waals surface area contributed by atoms with E-state index in [0.717, 1.165) is 11.5 Å². The van der Waals surface area contributed by atoms with E-state index >= 15 is 0 Å². The van der Waals surface area contributed by atoms with E-state index in [4.69, 9.17) is 23.2 Å². The van der Waals surface area contributed by atoms with E-state index < -0.39 is 0 Å². The van der Waals surface area contributed by atoms with Crippen molar-refractivity contribution in [3.8, 4) is 0 Å². The van der Waals surface area contributed by atoms with Gasteiger partial charge in [-0.3, -0.25) is 0 Å². The molecule has 0 saturated heterocycles. The Kier molecular flexibility index (Phi) is 3.44. The normalized spacial score (nSPS) is 14.2. The van der Waals surface area contributed by atoms with Crippen LogP contribution in [0.4, 0.5) is 17.3 Å². The molecule has 1 saturated carbocycles. The first-order valence-electron chi connectivity index (χ1n) is 6.02. The SMILES string of the molecule is Clc1cccc(Nc2cc(NC3CC3)ncn2)c1Cl. The van der Waals surface area contributed by atoms with Gasteiger partial charge in [-0.25, -0.2) is 9.97 Å². The molecule has 98 valence electrons. The van der Waals surface area contributed by atoms with Gasteiger partial charge in [-0.05, 0) is 25.0 Å². The van der Waals surface area contributed by atoms with E-state index in [1.54, 1.807) is 6.07 Å². The number of nitrogens with zero attached hydrogens (tertiary/aromatic N) is 2. The maximum Gasteiger partial charge on any atom is 0.135 e. The van der Waals surface area contributed by atoms with Gasteiger partial charge in [0.1, 0.15) is 18.0 Å². The highest BCUT2D eigenvalue weighted by molar-refractivity contribution is 6.43. The van der Waals surface area contributed by atoms with Crippen LogP contribution in [0.1, 0.15) is 12.8 Å². The molecule has 0 radical (unpaired) electrons. The van der Waals surface area contributed by atoms with Gasteiger partial charge >= 0.3 is 0 Å². The fraction of sp³-hybridized carbons (Fsp3) is 0.231. The van der Waals surface area contributed by atoms with Crippen LogP contribution in [0.25, 0.3) is 0 Å². The molecule has 0 bridgehead atoms. The molecular weight excluding hydrogens is 283 g/mol. The van der Waals surface area contributed by atoms with Crippen LogP contribution in [0.3, 0.4) is 0 Å². The van der Waals surface area contributed by atoms with E-state index in [1.165, 1.54) is 19.2 Å². The van der Waals surface area contributed by atoms with Crippen molar-refractivity contribution in [2.24, 2.45) is 0 Å². The molecule has 2 N–H and O–H groups in total. The topological polar surface area (TPSA) is 49.8 Å². The van der Waals surface area contributed by atoms with Crippen molar-refractivity contribution in [2.45, 2.75) is 18.9 Å². The Balaban J connectivity index is 1.80. The third-order valence-corrected chi connectivity index (χ3v) is 3.63. The lowest BCUT2D eigenvalue weighted by Crippen LogP contribution is -2.04. The minimum atomic E-state index is 0.486. The van der Waals surface area contributed by atoms with Crippen molar-refractivity contribution in [2.75, 3.05) is 10.6 Å². The van der Waals surface area contributed by atoms with Crippen LogP contribution < -0.4 is 10.6 Å². The van der Waals surface area contributed by atoms with Crippen LogP contribution in [0.15, 0.2) is 30.6 Å². The minimum absolute atomic E-state index is 0.486. The summed E-state index contributed by atoms with van der Waals surface area (Å²) in [4.78, 5) is 8.35. The molecule has 1 aromatic carbocycles. The third-order valence-electron chi connectivity index (χ3n) is 2.81. The molecule has 1 aliphatic rings. The van der Waals surface area contributed by atoms with E-state index in [2.05, 4.69) is 20.6 Å². The fourth-order valence-electron chi connectivity index (χ4n) is 1.68. The monoisotopic (exact) mass is 294 g/mol. The van der Waals surface area contributed by atoms with Gasteiger partial charge in [0.05, 0.1) is 15.7 Å². The van der Waals surface area contributed by atoms with Gasteiger partial charge in [0, 0.05) is 12.1 Å². The molecule has 0 aliphatic heterocycles. The van der Waals surface area contributed by atoms with Crippen LogP contribution in [-0.4, -0.2) is 16.0 Å². The lowest BCUT2D eigenvalue weighted by Gasteiger charge is -2.09. The van der Waals surface area contributed by atoms with Crippen LogP contribution in [0.2, 0.25) is 10.0 Å². The Morgan fingerprint density at radius 1 is 1.11 bits per heavy atom. The van der Waals surface area contributed by atoms with Gasteiger partial charge in [0.15, 0.2) is 0 Å². The van der Waals surface area contributed by atoms with Crippen LogP contribution in [0.5, 0.6) is 0 Å². The largest absolute Gasteiger partial charge is 0.367 e. The van der Waals surface area contributed by atoms with Gasteiger partial charge in [-0.15, -0.1) is 0 Å². The first kappa shape index (κ1) is 12.5. The van der Waals surface area contributed by atoms with E-state index in [-0.39, 0.29) is 0 Å². The maximum atomic E-state index is 6.12. The summed E-state index contributed by atoms with van der Waals surface area (Å²) in [7, 11) is 0. The second-order valence-electron chi connectivity index (χ2n) is 4.43. The average molecular weight is 295 g/mol. The number of anilines is 3. The minimum Gasteiger partial charge on any atom is -0.367 e. The Morgan fingerprint density at radius 2 is 1.89 bits per heavy atom. The summed E-state index contributed by atoms with van der Waals surface area (Å²) in [5.74, 6) is 1.50. The predicted octanol–water partition coefficient (Wildman–Crippen LogP) is 4.10. The van der Waals surface area contributed by atoms with Crippen molar-refractivity contribution < 1.29 is 0 Å². The van der Waals surface area contributed by atoms with Gasteiger partial charge < -0.3 is 10.6 Å². The van der Waals surface area contributed by atoms with E-state index in [9.17, 15) is 0 Å². The van der Waals surface area contributed by atoms with Gasteiger partial charge in [-0.1, -0.05) is 29.3 Å². The fourth-order valence-corrected chi connectivity index (χ4v) is 2.03. The van der Waals surface area contributed by atoms with Gasteiger partial charge in [0.25, 0.3) is 0 Å². The number of benzene rings is 1. The first-order chi connectivity index (χ1) is 9.22. The van der Waals surface area contributed by atoms with Crippen LogP contribution >= 0.6 is 23.2 Å². The first-order valence-corrected chi connectivity index (χ1v) is 6.77. The molecule has 0 amide bonds. The molecule has 1 aliphatic carbocycles. The van der Waals surface area contributed by atoms with Crippen molar-refractivity contribution in [1.29, 1.82) is 0 Å². The summed E-state index contributed by atoms with van der Waals surface area (Å²) in [5.41, 5.74) is 0.727. The quantitative estimate of drug-likeness (QED) is 0.891. The van der Waals surface area contributed by atoms with Crippen LogP contribution in [0, 0.1) is 0 Å². The lowest BCUT2D eigenvalue weighted by molar-refractivity contribution is 1.08. The lowest BCUT2D eigenvalue weighted by atomic mass is 10.3. The highest BCUT2D eigenvalue weighted by Crippen LogP contribution is 2.31. The second-order valence-corrected chi connectivity index (χ2v) is 5.22. The van der Waals surface area contributed by atoms with Crippen LogP contribution in [-0.2, 0) is 0 Å². The molecule has 19 heavy (non-hydrogen) atoms. The Morgan fingerprint density at radius 3 is 2.68 bits per heavy atom. The van der Waals surface area contributed by atoms with Gasteiger partial charge in [0.2, 0.25) is 0 Å². The second kappa shape index (κ2) is 5.23. The standard InChI is InChI=1S/C13H12Cl2N4/c14-9-2-1-3-10(13(9)15)19-12-6-11(16-7-17-12)18-8-4-5-8/h1-3,6-8H,4-5H2,(H2,16,17,18,19). The van der Waals surface area contributed by atoms with Crippen molar-refractivity contribution >= 4 is 40.5 Å². The molecule has 1 heterocycles. The number of aromatic nitrogens is 2. The third kappa shape index (κ3) is 3.08. The summed E-state index contributed by atoms with van der Waals surface area (Å²) in [5, 5.41) is 7.45. The molecular formula is C13H12Cl2N4. The summed E-state index contributed by atoms with van der Waals surface area (Å²) >= 11 is 12.1. The molecule has 1 aromatic heterocycles. The highest BCUT2D eigenvalue weighted by Gasteiger charge is 2.21. The average Bonchev–Trinajstić information content (AvgIpc) is 3.19. The maximum absolute atomic E-state index is 6.12. The van der Waals surface area contributed by atoms with Crippen molar-refractivity contribution in [1.82, 2.24) is 9.97 Å². The molecule has 1 fully saturated rings. The van der Waals surface area contributed by atoms with E-state index in [0.29, 0.717) is 21.9 Å². The Bertz CT molecular complexity index is 599. The summed E-state index contributed by atoms with van der Waals surface area (Å²) in [6.07, 6.45) is 3.92. The van der Waals surface area contributed by atoms with Crippen molar-refractivity contribution in [3.05, 3.63) is 40.6 Å². The molecule has 4 nitrogen and oxygen atoms in total. The highest BCUT2D eigenvalue weighted by atomic mass is 35.5. The Labute approximate surface area is 121 Å². The molecule has 0 unspecified atom stereocenters. The Hall–Kier alpha value is -1.52. The number of nitrogens with one attached hydrogen (secondary N) is 2. The molecule has 0 spiro atoms. The molecule has 6 heteroatoms. The number of rotatable bonds is 4. The molecule has 2 aromatic rings.